The van der Waals surface area contributed by atoms with Crippen LogP contribution in [0.5, 0.6) is 11.8 Å². The quantitative estimate of drug-likeness (QED) is 0.929. The fourth-order valence-corrected chi connectivity index (χ4v) is 1.86. The molecule has 1 N–H and O–H groups in total. The molecule has 19 heavy (non-hydrogen) atoms. The number of rotatable bonds is 4. The monoisotopic (exact) mass is 278 g/mol. The molecule has 1 aromatic heterocycles. The molecular formula is C13H15ClN4O. The number of anilines is 1. The topological polar surface area (TPSA) is 59.9 Å². The van der Waals surface area contributed by atoms with Gasteiger partial charge < -0.3 is 10.1 Å². The van der Waals surface area contributed by atoms with E-state index in [2.05, 4.69) is 26.3 Å². The second-order valence-corrected chi connectivity index (χ2v) is 4.50. The summed E-state index contributed by atoms with van der Waals surface area (Å²) in [4.78, 5) is 12.0. The summed E-state index contributed by atoms with van der Waals surface area (Å²) in [5.41, 5.74) is 2.23. The molecule has 100 valence electrons. The lowest BCUT2D eigenvalue weighted by Gasteiger charge is -2.07. The average molecular weight is 279 g/mol. The van der Waals surface area contributed by atoms with Crippen LogP contribution in [0.25, 0.3) is 0 Å². The number of ether oxygens (including phenoxy) is 1. The van der Waals surface area contributed by atoms with Gasteiger partial charge in [-0.15, -0.1) is 0 Å². The molecule has 0 unspecified atom stereocenters. The minimum atomic E-state index is 0.102. The maximum absolute atomic E-state index is 5.83. The number of hydrogen-bond donors (Lipinski definition) is 1. The third kappa shape index (κ3) is 3.79. The van der Waals surface area contributed by atoms with Crippen LogP contribution >= 0.6 is 11.6 Å². The summed E-state index contributed by atoms with van der Waals surface area (Å²) in [6, 6.07) is 6.08. The van der Waals surface area contributed by atoms with E-state index in [1.54, 1.807) is 0 Å². The summed E-state index contributed by atoms with van der Waals surface area (Å²) in [7, 11) is 0. The number of halogens is 1. The summed E-state index contributed by atoms with van der Waals surface area (Å²) in [5, 5.41) is 3.07. The fraction of sp³-hybridized carbons (Fsp3) is 0.308. The number of benzene rings is 1. The van der Waals surface area contributed by atoms with Crippen LogP contribution in [-0.2, 0) is 0 Å². The Labute approximate surface area is 117 Å². The van der Waals surface area contributed by atoms with Crippen LogP contribution in [-0.4, -0.2) is 21.5 Å². The molecule has 0 aliphatic rings. The van der Waals surface area contributed by atoms with Crippen LogP contribution in [0.3, 0.4) is 0 Å². The standard InChI is InChI=1S/C13H15ClN4O/c1-4-15-12-16-11(14)17-13(18-12)19-10-6-8(2)5-9(3)7-10/h5-7H,4H2,1-3H3,(H,15,16,17,18). The van der Waals surface area contributed by atoms with Crippen molar-refractivity contribution in [3.05, 3.63) is 34.6 Å². The van der Waals surface area contributed by atoms with Crippen LogP contribution in [0.15, 0.2) is 18.2 Å². The van der Waals surface area contributed by atoms with Gasteiger partial charge in [0.15, 0.2) is 0 Å². The van der Waals surface area contributed by atoms with Crippen LogP contribution in [0, 0.1) is 13.8 Å². The van der Waals surface area contributed by atoms with Crippen molar-refractivity contribution in [2.75, 3.05) is 11.9 Å². The molecule has 2 aromatic rings. The largest absolute Gasteiger partial charge is 0.424 e. The molecule has 5 nitrogen and oxygen atoms in total. The first-order chi connectivity index (χ1) is 9.06. The van der Waals surface area contributed by atoms with Gasteiger partial charge in [0.1, 0.15) is 5.75 Å². The maximum Gasteiger partial charge on any atom is 0.328 e. The lowest BCUT2D eigenvalue weighted by Crippen LogP contribution is -2.04. The van der Waals surface area contributed by atoms with Gasteiger partial charge in [0.05, 0.1) is 0 Å². The molecule has 1 heterocycles. The van der Waals surface area contributed by atoms with Gasteiger partial charge >= 0.3 is 6.01 Å². The lowest BCUT2D eigenvalue weighted by atomic mass is 10.1. The first kappa shape index (κ1) is 13.5. The molecule has 0 saturated carbocycles. The third-order valence-electron chi connectivity index (χ3n) is 2.33. The number of aryl methyl sites for hydroxylation is 2. The Morgan fingerprint density at radius 3 is 2.42 bits per heavy atom. The molecule has 0 aliphatic heterocycles. The maximum atomic E-state index is 5.83. The van der Waals surface area contributed by atoms with Crippen molar-refractivity contribution in [2.45, 2.75) is 20.8 Å². The lowest BCUT2D eigenvalue weighted by molar-refractivity contribution is 0.440. The van der Waals surface area contributed by atoms with Gasteiger partial charge in [-0.05, 0) is 55.6 Å². The van der Waals surface area contributed by atoms with E-state index in [9.17, 15) is 0 Å². The zero-order chi connectivity index (χ0) is 13.8. The van der Waals surface area contributed by atoms with Crippen LogP contribution in [0.2, 0.25) is 5.28 Å². The zero-order valence-corrected chi connectivity index (χ0v) is 11.8. The molecule has 0 aliphatic carbocycles. The Bertz CT molecular complexity index is 569. The average Bonchev–Trinajstić information content (AvgIpc) is 2.26. The van der Waals surface area contributed by atoms with E-state index in [1.807, 2.05) is 32.9 Å². The number of aromatic nitrogens is 3. The van der Waals surface area contributed by atoms with Crippen molar-refractivity contribution in [1.82, 2.24) is 15.0 Å². The predicted octanol–water partition coefficient (Wildman–Crippen LogP) is 3.37. The molecule has 1 aromatic carbocycles. The molecule has 0 atom stereocenters. The van der Waals surface area contributed by atoms with Crippen molar-refractivity contribution in [3.8, 4) is 11.8 Å². The van der Waals surface area contributed by atoms with E-state index in [4.69, 9.17) is 16.3 Å². The Hall–Kier alpha value is -1.88. The third-order valence-corrected chi connectivity index (χ3v) is 2.50. The van der Waals surface area contributed by atoms with E-state index < -0.39 is 0 Å². The highest BCUT2D eigenvalue weighted by Gasteiger charge is 2.07. The van der Waals surface area contributed by atoms with E-state index in [0.29, 0.717) is 18.2 Å². The molecule has 0 spiro atoms. The highest BCUT2D eigenvalue weighted by molar-refractivity contribution is 6.28. The highest BCUT2D eigenvalue weighted by atomic mass is 35.5. The zero-order valence-electron chi connectivity index (χ0n) is 11.1. The van der Waals surface area contributed by atoms with E-state index in [1.165, 1.54) is 0 Å². The molecule has 0 saturated heterocycles. The smallest absolute Gasteiger partial charge is 0.328 e. The van der Waals surface area contributed by atoms with E-state index in [-0.39, 0.29) is 11.3 Å². The Kier molecular flexibility index (Phi) is 4.16. The molecule has 6 heteroatoms. The first-order valence-corrected chi connectivity index (χ1v) is 6.36. The minimum Gasteiger partial charge on any atom is -0.424 e. The van der Waals surface area contributed by atoms with Crippen LogP contribution in [0.4, 0.5) is 5.95 Å². The molecule has 0 bridgehead atoms. The van der Waals surface area contributed by atoms with Crippen molar-refractivity contribution < 1.29 is 4.74 Å². The molecule has 0 fully saturated rings. The number of nitrogens with one attached hydrogen (secondary N) is 1. The molecular weight excluding hydrogens is 264 g/mol. The Morgan fingerprint density at radius 2 is 1.79 bits per heavy atom. The van der Waals surface area contributed by atoms with Crippen molar-refractivity contribution >= 4 is 17.5 Å². The van der Waals surface area contributed by atoms with E-state index in [0.717, 1.165) is 11.1 Å². The summed E-state index contributed by atoms with van der Waals surface area (Å²) in [5.74, 6) is 1.09. The van der Waals surface area contributed by atoms with E-state index >= 15 is 0 Å². The highest BCUT2D eigenvalue weighted by Crippen LogP contribution is 2.22. The summed E-state index contributed by atoms with van der Waals surface area (Å²) in [6.45, 7) is 6.65. The van der Waals surface area contributed by atoms with Crippen molar-refractivity contribution in [1.29, 1.82) is 0 Å². The second-order valence-electron chi connectivity index (χ2n) is 4.17. The summed E-state index contributed by atoms with van der Waals surface area (Å²) < 4.78 is 5.62. The Morgan fingerprint density at radius 1 is 1.11 bits per heavy atom. The van der Waals surface area contributed by atoms with Gasteiger partial charge in [-0.25, -0.2) is 0 Å². The van der Waals surface area contributed by atoms with Gasteiger partial charge in [-0.3, -0.25) is 0 Å². The van der Waals surface area contributed by atoms with Gasteiger partial charge in [0.2, 0.25) is 11.2 Å². The fourth-order valence-electron chi connectivity index (χ4n) is 1.71. The summed E-state index contributed by atoms with van der Waals surface area (Å²) >= 11 is 5.83. The van der Waals surface area contributed by atoms with Crippen LogP contribution in [0.1, 0.15) is 18.1 Å². The first-order valence-electron chi connectivity index (χ1n) is 5.98. The van der Waals surface area contributed by atoms with Crippen molar-refractivity contribution in [2.24, 2.45) is 0 Å². The van der Waals surface area contributed by atoms with Crippen LogP contribution < -0.4 is 10.1 Å². The van der Waals surface area contributed by atoms with Gasteiger partial charge in [-0.1, -0.05) is 6.07 Å². The molecule has 0 amide bonds. The van der Waals surface area contributed by atoms with Crippen molar-refractivity contribution in [3.63, 3.8) is 0 Å². The number of nitrogens with zero attached hydrogens (tertiary/aromatic N) is 3. The van der Waals surface area contributed by atoms with Gasteiger partial charge in [-0.2, -0.15) is 15.0 Å². The molecule has 2 rings (SSSR count). The van der Waals surface area contributed by atoms with Gasteiger partial charge in [0, 0.05) is 6.54 Å². The summed E-state index contributed by atoms with van der Waals surface area (Å²) in [6.07, 6.45) is 0. The predicted molar refractivity (Wildman–Crippen MR) is 75.0 cm³/mol. The SMILES string of the molecule is CCNc1nc(Cl)nc(Oc2cc(C)cc(C)c2)n1. The second kappa shape index (κ2) is 5.84. The molecule has 0 radical (unpaired) electrons. The normalized spacial score (nSPS) is 10.3. The minimum absolute atomic E-state index is 0.102. The number of hydrogen-bond acceptors (Lipinski definition) is 5. The van der Waals surface area contributed by atoms with Gasteiger partial charge in [0.25, 0.3) is 0 Å². The Balaban J connectivity index is 2.27.